The zero-order chi connectivity index (χ0) is 14.6. The fraction of sp³-hybridized carbons (Fsp3) is 0.692. The van der Waals surface area contributed by atoms with E-state index >= 15 is 0 Å². The summed E-state index contributed by atoms with van der Waals surface area (Å²) in [4.78, 5) is 1.04. The molecule has 0 radical (unpaired) electrons. The zero-order valence-electron chi connectivity index (χ0n) is 11.9. The molecular formula is C13H22N2O3S2. The zero-order valence-corrected chi connectivity index (χ0v) is 13.5. The predicted octanol–water partition coefficient (Wildman–Crippen LogP) is 1.70. The van der Waals surface area contributed by atoms with Crippen molar-refractivity contribution in [2.45, 2.75) is 49.1 Å². The molecule has 2 atom stereocenters. The summed E-state index contributed by atoms with van der Waals surface area (Å²) >= 11 is 1.33. The molecule has 2 unspecified atom stereocenters. The van der Waals surface area contributed by atoms with E-state index in [1.54, 1.807) is 13.2 Å². The van der Waals surface area contributed by atoms with Gasteiger partial charge in [-0.25, -0.2) is 13.1 Å². The fourth-order valence-electron chi connectivity index (χ4n) is 2.38. The third-order valence-corrected chi connectivity index (χ3v) is 6.59. The Kier molecular flexibility index (Phi) is 5.57. The molecule has 114 valence electrons. The van der Waals surface area contributed by atoms with E-state index in [-0.39, 0.29) is 12.1 Å². The Morgan fingerprint density at radius 3 is 2.85 bits per heavy atom. The number of sulfonamides is 1. The Balaban J connectivity index is 1.98. The van der Waals surface area contributed by atoms with Crippen molar-refractivity contribution in [3.8, 4) is 0 Å². The van der Waals surface area contributed by atoms with Crippen LogP contribution in [0.2, 0.25) is 0 Å². The summed E-state index contributed by atoms with van der Waals surface area (Å²) in [6.45, 7) is 3.61. The van der Waals surface area contributed by atoms with Crippen LogP contribution in [0.25, 0.3) is 0 Å². The third-order valence-electron chi connectivity index (χ3n) is 3.49. The van der Waals surface area contributed by atoms with Crippen molar-refractivity contribution < 1.29 is 13.2 Å². The maximum Gasteiger partial charge on any atom is 0.250 e. The number of nitrogens with one attached hydrogen (secondary N) is 2. The summed E-state index contributed by atoms with van der Waals surface area (Å²) in [6.07, 6.45) is 2.69. The lowest BCUT2D eigenvalue weighted by Gasteiger charge is -2.12. The van der Waals surface area contributed by atoms with Crippen LogP contribution < -0.4 is 10.0 Å². The molecule has 20 heavy (non-hydrogen) atoms. The number of methoxy groups -OCH3 is 1. The van der Waals surface area contributed by atoms with Crippen LogP contribution in [-0.2, 0) is 21.3 Å². The number of hydrogen-bond donors (Lipinski definition) is 2. The molecule has 0 aromatic carbocycles. The highest BCUT2D eigenvalue weighted by Crippen LogP contribution is 2.26. The van der Waals surface area contributed by atoms with Gasteiger partial charge in [0.05, 0.1) is 6.10 Å². The van der Waals surface area contributed by atoms with Gasteiger partial charge in [0.1, 0.15) is 4.21 Å². The first-order valence-corrected chi connectivity index (χ1v) is 9.19. The topological polar surface area (TPSA) is 67.4 Å². The summed E-state index contributed by atoms with van der Waals surface area (Å²) in [5, 5.41) is 3.19. The van der Waals surface area contributed by atoms with E-state index in [1.165, 1.54) is 11.3 Å². The largest absolute Gasteiger partial charge is 0.381 e. The van der Waals surface area contributed by atoms with Crippen LogP contribution in [-0.4, -0.2) is 34.2 Å². The molecule has 1 aromatic rings. The van der Waals surface area contributed by atoms with Crippen molar-refractivity contribution >= 4 is 21.4 Å². The minimum absolute atomic E-state index is 0.00994. The van der Waals surface area contributed by atoms with Crippen molar-refractivity contribution in [1.82, 2.24) is 10.0 Å². The van der Waals surface area contributed by atoms with Gasteiger partial charge < -0.3 is 10.1 Å². The lowest BCUT2D eigenvalue weighted by atomic mass is 10.3. The van der Waals surface area contributed by atoms with E-state index < -0.39 is 10.0 Å². The van der Waals surface area contributed by atoms with E-state index in [0.717, 1.165) is 30.7 Å². The van der Waals surface area contributed by atoms with Crippen LogP contribution in [0.15, 0.2) is 16.3 Å². The molecule has 1 aliphatic carbocycles. The Morgan fingerprint density at radius 1 is 1.40 bits per heavy atom. The van der Waals surface area contributed by atoms with Gasteiger partial charge in [0.2, 0.25) is 10.0 Å². The highest BCUT2D eigenvalue weighted by Gasteiger charge is 2.29. The van der Waals surface area contributed by atoms with Crippen molar-refractivity contribution in [2.75, 3.05) is 13.7 Å². The molecule has 5 nitrogen and oxygen atoms in total. The number of rotatable bonds is 7. The molecule has 0 bridgehead atoms. The van der Waals surface area contributed by atoms with Crippen molar-refractivity contribution in [2.24, 2.45) is 0 Å². The first kappa shape index (κ1) is 15.9. The van der Waals surface area contributed by atoms with Gasteiger partial charge in [-0.1, -0.05) is 6.92 Å². The first-order valence-electron chi connectivity index (χ1n) is 6.89. The summed E-state index contributed by atoms with van der Waals surface area (Å²) in [5.74, 6) is 0. The lowest BCUT2D eigenvalue weighted by Crippen LogP contribution is -2.32. The van der Waals surface area contributed by atoms with E-state index in [9.17, 15) is 8.42 Å². The van der Waals surface area contributed by atoms with Crippen molar-refractivity contribution in [3.05, 3.63) is 17.0 Å². The second kappa shape index (κ2) is 7.00. The van der Waals surface area contributed by atoms with Crippen molar-refractivity contribution in [3.63, 3.8) is 0 Å². The van der Waals surface area contributed by atoms with E-state index in [1.807, 2.05) is 13.0 Å². The van der Waals surface area contributed by atoms with Crippen LogP contribution in [0.5, 0.6) is 0 Å². The van der Waals surface area contributed by atoms with Gasteiger partial charge in [-0.15, -0.1) is 11.3 Å². The number of hydrogen-bond acceptors (Lipinski definition) is 5. The average molecular weight is 318 g/mol. The van der Waals surface area contributed by atoms with Gasteiger partial charge >= 0.3 is 0 Å². The second-order valence-corrected chi connectivity index (χ2v) is 8.10. The molecule has 0 spiro atoms. The Morgan fingerprint density at radius 2 is 2.20 bits per heavy atom. The average Bonchev–Trinajstić information content (AvgIpc) is 3.04. The minimum atomic E-state index is -3.39. The Labute approximate surface area is 124 Å². The normalized spacial score (nSPS) is 23.3. The monoisotopic (exact) mass is 318 g/mol. The molecule has 7 heteroatoms. The Bertz CT molecular complexity index is 527. The summed E-state index contributed by atoms with van der Waals surface area (Å²) < 4.78 is 33.1. The van der Waals surface area contributed by atoms with Crippen LogP contribution in [0.3, 0.4) is 0 Å². The molecule has 1 aliphatic rings. The molecule has 0 saturated heterocycles. The summed E-state index contributed by atoms with van der Waals surface area (Å²) in [6, 6.07) is 3.54. The SMILES string of the molecule is CCNCc1ccc(S(=O)(=O)NC2CCC(OC)C2)s1. The molecule has 2 N–H and O–H groups in total. The van der Waals surface area contributed by atoms with Gasteiger partial charge in [-0.3, -0.25) is 0 Å². The van der Waals surface area contributed by atoms with E-state index in [0.29, 0.717) is 10.8 Å². The van der Waals surface area contributed by atoms with Crippen LogP contribution in [0.4, 0.5) is 0 Å². The smallest absolute Gasteiger partial charge is 0.250 e. The number of thiophene rings is 1. The van der Waals surface area contributed by atoms with Gasteiger partial charge in [0.25, 0.3) is 0 Å². The van der Waals surface area contributed by atoms with E-state index in [2.05, 4.69) is 10.0 Å². The van der Waals surface area contributed by atoms with Crippen LogP contribution in [0, 0.1) is 0 Å². The highest BCUT2D eigenvalue weighted by molar-refractivity contribution is 7.91. The third kappa shape index (κ3) is 4.02. The summed E-state index contributed by atoms with van der Waals surface area (Å²) in [7, 11) is -1.72. The molecule has 1 aromatic heterocycles. The molecule has 0 amide bonds. The summed E-state index contributed by atoms with van der Waals surface area (Å²) in [5.41, 5.74) is 0. The van der Waals surface area contributed by atoms with Crippen LogP contribution in [0.1, 0.15) is 31.1 Å². The molecule has 1 fully saturated rings. The lowest BCUT2D eigenvalue weighted by molar-refractivity contribution is 0.107. The minimum Gasteiger partial charge on any atom is -0.381 e. The molecule has 0 aliphatic heterocycles. The van der Waals surface area contributed by atoms with Gasteiger partial charge in [-0.2, -0.15) is 0 Å². The van der Waals surface area contributed by atoms with E-state index in [4.69, 9.17) is 4.74 Å². The standard InChI is InChI=1S/C13H22N2O3S2/c1-3-14-9-12-6-7-13(19-12)20(16,17)15-10-4-5-11(8-10)18-2/h6-7,10-11,14-15H,3-5,8-9H2,1-2H3. The molecule has 2 rings (SSSR count). The highest BCUT2D eigenvalue weighted by atomic mass is 32.2. The predicted molar refractivity (Wildman–Crippen MR) is 80.5 cm³/mol. The second-order valence-electron chi connectivity index (χ2n) is 4.99. The van der Waals surface area contributed by atoms with Gasteiger partial charge in [0.15, 0.2) is 0 Å². The molecule has 1 heterocycles. The maximum absolute atomic E-state index is 12.3. The quantitative estimate of drug-likeness (QED) is 0.803. The number of ether oxygens (including phenoxy) is 1. The molecular weight excluding hydrogens is 296 g/mol. The van der Waals surface area contributed by atoms with Crippen LogP contribution >= 0.6 is 11.3 Å². The molecule has 1 saturated carbocycles. The van der Waals surface area contributed by atoms with Crippen molar-refractivity contribution in [1.29, 1.82) is 0 Å². The fourth-order valence-corrected chi connectivity index (χ4v) is 5.01. The van der Waals surface area contributed by atoms with Gasteiger partial charge in [-0.05, 0) is 37.9 Å². The van der Waals surface area contributed by atoms with Gasteiger partial charge in [0, 0.05) is 24.6 Å². The maximum atomic E-state index is 12.3. The first-order chi connectivity index (χ1) is 9.55. The Hall–Kier alpha value is -0.470.